The lowest BCUT2D eigenvalue weighted by atomic mass is 9.73. The molecule has 0 saturated heterocycles. The number of hydrogen-bond donors (Lipinski definition) is 3. The molecule has 1 aliphatic carbocycles. The highest BCUT2D eigenvalue weighted by atomic mass is 19.1. The Kier molecular flexibility index (Phi) is 4.20. The van der Waals surface area contributed by atoms with Gasteiger partial charge in [-0.15, -0.1) is 0 Å². The van der Waals surface area contributed by atoms with Gasteiger partial charge in [0.2, 0.25) is 0 Å². The third kappa shape index (κ3) is 3.36. The number of allylic oxidation sites excluding steroid dienone is 1. The molecule has 2 aromatic carbocycles. The number of oxazole rings is 1. The minimum absolute atomic E-state index is 0.0661. The van der Waals surface area contributed by atoms with Crippen LogP contribution in [0.2, 0.25) is 0 Å². The molecule has 5 rings (SSSR count). The number of nitrogens with zero attached hydrogens (tertiary/aromatic N) is 1. The van der Waals surface area contributed by atoms with E-state index in [0.29, 0.717) is 41.5 Å². The molecular formula is C23H22FN4O2+. The Labute approximate surface area is 172 Å². The van der Waals surface area contributed by atoms with Crippen molar-refractivity contribution in [3.8, 4) is 0 Å². The first kappa shape index (κ1) is 18.5. The topological polar surface area (TPSA) is 81.1 Å². The van der Waals surface area contributed by atoms with Gasteiger partial charge in [0.25, 0.3) is 0 Å². The molecule has 0 radical (unpaired) electrons. The molecule has 0 bridgehead atoms. The van der Waals surface area contributed by atoms with Crippen LogP contribution in [0.5, 0.6) is 0 Å². The second kappa shape index (κ2) is 6.79. The first-order valence-corrected chi connectivity index (χ1v) is 9.93. The number of Topliss-reactive ketones (excluding diaryl/α,β-unsaturated/α-hetero) is 1. The van der Waals surface area contributed by atoms with E-state index < -0.39 is 6.04 Å². The number of carbonyl (C=O) groups excluding carboxylic acids is 1. The molecule has 0 fully saturated rings. The minimum Gasteiger partial charge on any atom is -0.412 e. The molecule has 152 valence electrons. The quantitative estimate of drug-likeness (QED) is 0.611. The van der Waals surface area contributed by atoms with Crippen molar-refractivity contribution >= 4 is 28.9 Å². The molecule has 7 heteroatoms. The third-order valence-electron chi connectivity index (χ3n) is 5.48. The molecule has 30 heavy (non-hydrogen) atoms. The van der Waals surface area contributed by atoms with Gasteiger partial charge in [0, 0.05) is 12.8 Å². The van der Waals surface area contributed by atoms with Crippen LogP contribution in [-0.4, -0.2) is 16.7 Å². The van der Waals surface area contributed by atoms with Crippen LogP contribution in [-0.2, 0) is 4.79 Å². The summed E-state index contributed by atoms with van der Waals surface area (Å²) in [7, 11) is 0. The average Bonchev–Trinajstić information content (AvgIpc) is 3.08. The van der Waals surface area contributed by atoms with Gasteiger partial charge >= 0.3 is 12.0 Å². The number of benzene rings is 2. The van der Waals surface area contributed by atoms with Gasteiger partial charge in [0.05, 0.1) is 11.3 Å². The summed E-state index contributed by atoms with van der Waals surface area (Å²) in [6.07, 6.45) is 1.16. The van der Waals surface area contributed by atoms with Gasteiger partial charge in [-0.2, -0.15) is 10.3 Å². The summed E-state index contributed by atoms with van der Waals surface area (Å²) in [5.41, 5.74) is 3.44. The van der Waals surface area contributed by atoms with Gasteiger partial charge in [0.1, 0.15) is 17.4 Å². The highest BCUT2D eigenvalue weighted by Crippen LogP contribution is 2.39. The zero-order chi connectivity index (χ0) is 20.9. The number of guanidine groups is 1. The third-order valence-corrected chi connectivity index (χ3v) is 5.48. The van der Waals surface area contributed by atoms with Crippen molar-refractivity contribution in [2.45, 2.75) is 32.7 Å². The summed E-state index contributed by atoms with van der Waals surface area (Å²) in [6.45, 7) is 4.15. The van der Waals surface area contributed by atoms with Crippen LogP contribution >= 0.6 is 0 Å². The van der Waals surface area contributed by atoms with Gasteiger partial charge in [-0.05, 0) is 35.2 Å². The smallest absolute Gasteiger partial charge is 0.365 e. The van der Waals surface area contributed by atoms with E-state index in [1.807, 2.05) is 30.3 Å². The maximum atomic E-state index is 13.9. The highest BCUT2D eigenvalue weighted by Gasteiger charge is 2.42. The van der Waals surface area contributed by atoms with E-state index in [0.717, 1.165) is 11.2 Å². The van der Waals surface area contributed by atoms with Gasteiger partial charge in [0.15, 0.2) is 11.4 Å². The maximum absolute atomic E-state index is 13.9. The number of nitrogens with one attached hydrogen (secondary N) is 3. The standard InChI is InChI=1S/C23H21FN4O2/c1-23(2)11-16-19(17(29)12-23)20(13-6-5-7-14(24)10-13)27-21(25-16)28-22-26-15-8-3-4-9-18(15)30-22/h3-10,20H,11-12H2,1-2H3,(H2,25,26,27,28)/p+1/t20-/m1/s1. The number of anilines is 1. The number of ketones is 1. The van der Waals surface area contributed by atoms with Crippen LogP contribution in [0.3, 0.4) is 0 Å². The van der Waals surface area contributed by atoms with Gasteiger partial charge in [-0.1, -0.05) is 38.1 Å². The Morgan fingerprint density at radius 3 is 2.83 bits per heavy atom. The molecular weight excluding hydrogens is 383 g/mol. The summed E-state index contributed by atoms with van der Waals surface area (Å²) in [5.74, 6) is 0.267. The average molecular weight is 405 g/mol. The van der Waals surface area contributed by atoms with Crippen LogP contribution in [0.25, 0.3) is 11.1 Å². The largest absolute Gasteiger partial charge is 0.412 e. The molecule has 3 aromatic rings. The zero-order valence-electron chi connectivity index (χ0n) is 16.8. The van der Waals surface area contributed by atoms with Crippen LogP contribution < -0.4 is 15.6 Å². The van der Waals surface area contributed by atoms with Gasteiger partial charge in [-0.3, -0.25) is 9.79 Å². The monoisotopic (exact) mass is 405 g/mol. The van der Waals surface area contributed by atoms with Crippen LogP contribution in [0.1, 0.15) is 38.3 Å². The Morgan fingerprint density at radius 1 is 1.20 bits per heavy atom. The summed E-state index contributed by atoms with van der Waals surface area (Å²) in [6, 6.07) is 13.7. The van der Waals surface area contributed by atoms with E-state index in [1.165, 1.54) is 12.1 Å². The van der Waals surface area contributed by atoms with Gasteiger partial charge in [-0.25, -0.2) is 9.71 Å². The van der Waals surface area contributed by atoms with E-state index >= 15 is 0 Å². The number of halogens is 1. The highest BCUT2D eigenvalue weighted by molar-refractivity contribution is 6.01. The summed E-state index contributed by atoms with van der Waals surface area (Å²) in [5, 5.41) is 6.45. The summed E-state index contributed by atoms with van der Waals surface area (Å²) >= 11 is 0. The number of hydrogen-bond acceptors (Lipinski definition) is 5. The fourth-order valence-corrected chi connectivity index (χ4v) is 4.22. The Bertz CT molecular complexity index is 1190. The maximum Gasteiger partial charge on any atom is 0.365 e. The van der Waals surface area contributed by atoms with Crippen molar-refractivity contribution < 1.29 is 18.6 Å². The normalized spacial score (nSPS) is 20.6. The van der Waals surface area contributed by atoms with Crippen LogP contribution in [0, 0.1) is 11.2 Å². The lowest BCUT2D eigenvalue weighted by molar-refractivity contribution is -0.502. The number of aromatic nitrogens is 1. The van der Waals surface area contributed by atoms with E-state index in [2.05, 4.69) is 34.5 Å². The second-order valence-electron chi connectivity index (χ2n) is 8.58. The summed E-state index contributed by atoms with van der Waals surface area (Å²) < 4.78 is 19.7. The second-order valence-corrected chi connectivity index (χ2v) is 8.58. The Hall–Kier alpha value is -3.48. The predicted octanol–water partition coefficient (Wildman–Crippen LogP) is 2.80. The number of carbonyl (C=O) groups is 1. The van der Waals surface area contributed by atoms with Crippen LogP contribution in [0.15, 0.2) is 64.2 Å². The van der Waals surface area contributed by atoms with Crippen molar-refractivity contribution in [1.29, 1.82) is 0 Å². The van der Waals surface area contributed by atoms with E-state index in [-0.39, 0.29) is 17.0 Å². The molecule has 1 aromatic heterocycles. The Morgan fingerprint density at radius 2 is 2.03 bits per heavy atom. The van der Waals surface area contributed by atoms with E-state index in [9.17, 15) is 9.18 Å². The van der Waals surface area contributed by atoms with Crippen molar-refractivity contribution in [3.05, 3.63) is 71.2 Å². The van der Waals surface area contributed by atoms with Gasteiger partial charge < -0.3 is 4.42 Å². The summed E-state index contributed by atoms with van der Waals surface area (Å²) in [4.78, 5) is 20.7. The first-order chi connectivity index (χ1) is 14.4. The SMILES string of the molecule is CC1(C)CC(=O)C2=C(C1)NC(Nc1nc3ccccc3o1)=[NH+][C@@H]2c1cccc(F)c1. The molecule has 3 N–H and O–H groups in total. The molecule has 0 spiro atoms. The van der Waals surface area contributed by atoms with Crippen molar-refractivity contribution in [3.63, 3.8) is 0 Å². The zero-order valence-corrected chi connectivity index (χ0v) is 16.8. The van der Waals surface area contributed by atoms with Crippen molar-refractivity contribution in [2.75, 3.05) is 5.32 Å². The minimum atomic E-state index is -0.465. The van der Waals surface area contributed by atoms with Crippen LogP contribution in [0.4, 0.5) is 10.4 Å². The number of para-hydroxylation sites is 2. The molecule has 0 amide bonds. The molecule has 2 aliphatic rings. The molecule has 0 saturated carbocycles. The fraction of sp³-hybridized carbons (Fsp3) is 0.261. The number of rotatable bonds is 2. The molecule has 6 nitrogen and oxygen atoms in total. The van der Waals surface area contributed by atoms with E-state index in [1.54, 1.807) is 6.07 Å². The van der Waals surface area contributed by atoms with Crippen molar-refractivity contribution in [1.82, 2.24) is 10.3 Å². The molecule has 2 heterocycles. The fourth-order valence-electron chi connectivity index (χ4n) is 4.22. The molecule has 0 unspecified atom stereocenters. The molecule has 1 atom stereocenters. The molecule has 1 aliphatic heterocycles. The van der Waals surface area contributed by atoms with Crippen molar-refractivity contribution in [2.24, 2.45) is 5.41 Å². The first-order valence-electron chi connectivity index (χ1n) is 9.93. The predicted molar refractivity (Wildman–Crippen MR) is 111 cm³/mol. The lowest BCUT2D eigenvalue weighted by Gasteiger charge is -2.34. The Balaban J connectivity index is 1.55. The van der Waals surface area contributed by atoms with E-state index in [4.69, 9.17) is 4.42 Å². The number of fused-ring (bicyclic) bond motifs is 1. The lowest BCUT2D eigenvalue weighted by Crippen LogP contribution is -2.82.